The fraction of sp³-hybridized carbons (Fsp3) is 0.700. The van der Waals surface area contributed by atoms with Gasteiger partial charge >= 0.3 is 12.1 Å². The van der Waals surface area contributed by atoms with Gasteiger partial charge in [0.05, 0.1) is 0 Å². The second-order valence-electron chi connectivity index (χ2n) is 2.88. The third-order valence-corrected chi connectivity index (χ3v) is 1.18. The van der Waals surface area contributed by atoms with Gasteiger partial charge in [-0.05, 0) is 0 Å². The Hall–Kier alpha value is -0.750. The number of carboxylic acids is 1. The topological polar surface area (TPSA) is 51.4 Å². The SMILES string of the molecule is CCC[N-]CCC.Cl.O=C(O)/C=C/C(F)(F)F. The Morgan fingerprint density at radius 1 is 1.24 bits per heavy atom. The molecule has 0 bridgehead atoms. The molecule has 0 aliphatic carbocycles. The van der Waals surface area contributed by atoms with E-state index in [0.717, 1.165) is 13.1 Å². The predicted octanol–water partition coefficient (Wildman–Crippen LogP) is 3.79. The summed E-state index contributed by atoms with van der Waals surface area (Å²) < 4.78 is 33.2. The van der Waals surface area contributed by atoms with Crippen LogP contribution in [-0.4, -0.2) is 30.3 Å². The molecule has 0 fully saturated rings. The fourth-order valence-electron chi connectivity index (χ4n) is 0.594. The number of hydrogen-bond donors (Lipinski definition) is 1. The molecule has 0 saturated carbocycles. The van der Waals surface area contributed by atoms with Crippen LogP contribution in [0.15, 0.2) is 12.2 Å². The van der Waals surface area contributed by atoms with E-state index < -0.39 is 12.1 Å². The van der Waals surface area contributed by atoms with Crippen molar-refractivity contribution in [2.45, 2.75) is 32.9 Å². The van der Waals surface area contributed by atoms with Crippen LogP contribution in [0.3, 0.4) is 0 Å². The van der Waals surface area contributed by atoms with Crippen LogP contribution in [0.2, 0.25) is 0 Å². The summed E-state index contributed by atoms with van der Waals surface area (Å²) in [6.45, 7) is 6.40. The first kappa shape index (κ1) is 21.5. The van der Waals surface area contributed by atoms with Crippen molar-refractivity contribution in [1.82, 2.24) is 0 Å². The number of carboxylic acid groups (broad SMARTS) is 1. The summed E-state index contributed by atoms with van der Waals surface area (Å²) in [5.74, 6) is -1.60. The maximum absolute atomic E-state index is 11.1. The first-order valence-electron chi connectivity index (χ1n) is 4.95. The minimum atomic E-state index is -4.53. The number of hydrogen-bond acceptors (Lipinski definition) is 1. The molecule has 0 radical (unpaired) electrons. The van der Waals surface area contributed by atoms with E-state index in [9.17, 15) is 18.0 Å². The molecule has 0 atom stereocenters. The minimum absolute atomic E-state index is 0. The molecule has 0 unspecified atom stereocenters. The van der Waals surface area contributed by atoms with Crippen LogP contribution in [0.4, 0.5) is 13.2 Å². The van der Waals surface area contributed by atoms with Crippen molar-refractivity contribution in [3.05, 3.63) is 17.5 Å². The van der Waals surface area contributed by atoms with E-state index in [1.54, 1.807) is 0 Å². The molecule has 7 heteroatoms. The maximum atomic E-state index is 11.1. The van der Waals surface area contributed by atoms with E-state index in [1.807, 2.05) is 0 Å². The van der Waals surface area contributed by atoms with E-state index in [1.165, 1.54) is 12.8 Å². The Bertz CT molecular complexity index is 204. The Labute approximate surface area is 105 Å². The normalized spacial score (nSPS) is 10.4. The number of aliphatic carboxylic acids is 1. The molecule has 0 amide bonds. The lowest BCUT2D eigenvalue weighted by molar-refractivity contribution is -0.132. The average molecular weight is 277 g/mol. The molecule has 0 rings (SSSR count). The van der Waals surface area contributed by atoms with E-state index in [4.69, 9.17) is 5.11 Å². The summed E-state index contributed by atoms with van der Waals surface area (Å²) in [5, 5.41) is 11.9. The van der Waals surface area contributed by atoms with Gasteiger partial charge < -0.3 is 10.4 Å². The Balaban J connectivity index is -0.000000224. The van der Waals surface area contributed by atoms with Crippen LogP contribution in [0, 0.1) is 0 Å². The second-order valence-corrected chi connectivity index (χ2v) is 2.88. The van der Waals surface area contributed by atoms with E-state index in [2.05, 4.69) is 19.2 Å². The molecule has 104 valence electrons. The van der Waals surface area contributed by atoms with Gasteiger partial charge in [0.1, 0.15) is 0 Å². The molecule has 0 saturated heterocycles. The van der Waals surface area contributed by atoms with E-state index in [-0.39, 0.29) is 24.6 Å². The monoisotopic (exact) mass is 276 g/mol. The maximum Gasteiger partial charge on any atom is 0.410 e. The van der Waals surface area contributed by atoms with Crippen molar-refractivity contribution in [3.63, 3.8) is 0 Å². The third-order valence-electron chi connectivity index (χ3n) is 1.18. The number of halogens is 4. The van der Waals surface area contributed by atoms with Crippen LogP contribution in [0.5, 0.6) is 0 Å². The highest BCUT2D eigenvalue weighted by molar-refractivity contribution is 5.85. The molecule has 0 aliphatic rings. The third kappa shape index (κ3) is 31.3. The fourth-order valence-corrected chi connectivity index (χ4v) is 0.594. The molecular weight excluding hydrogens is 259 g/mol. The quantitative estimate of drug-likeness (QED) is 0.613. The summed E-state index contributed by atoms with van der Waals surface area (Å²) in [6, 6.07) is 0. The van der Waals surface area contributed by atoms with Gasteiger partial charge in [-0.25, -0.2) is 4.79 Å². The largest absolute Gasteiger partial charge is 0.662 e. The molecule has 0 aliphatic heterocycles. The van der Waals surface area contributed by atoms with Crippen LogP contribution in [0.1, 0.15) is 26.7 Å². The summed E-state index contributed by atoms with van der Waals surface area (Å²) in [7, 11) is 0. The highest BCUT2D eigenvalue weighted by Gasteiger charge is 2.22. The smallest absolute Gasteiger partial charge is 0.410 e. The zero-order chi connectivity index (χ0) is 13.0. The van der Waals surface area contributed by atoms with Crippen molar-refractivity contribution < 1.29 is 23.1 Å². The highest BCUT2D eigenvalue weighted by atomic mass is 35.5. The molecule has 17 heavy (non-hydrogen) atoms. The lowest BCUT2D eigenvalue weighted by Crippen LogP contribution is -2.02. The van der Waals surface area contributed by atoms with Crippen molar-refractivity contribution in [3.8, 4) is 0 Å². The van der Waals surface area contributed by atoms with Crippen molar-refractivity contribution in [2.24, 2.45) is 0 Å². The van der Waals surface area contributed by atoms with Crippen LogP contribution < -0.4 is 0 Å². The van der Waals surface area contributed by atoms with Gasteiger partial charge in [-0.3, -0.25) is 0 Å². The number of rotatable bonds is 5. The van der Waals surface area contributed by atoms with Crippen molar-refractivity contribution in [1.29, 1.82) is 0 Å². The zero-order valence-corrected chi connectivity index (χ0v) is 10.6. The van der Waals surface area contributed by atoms with Gasteiger partial charge in [-0.2, -0.15) is 13.2 Å². The van der Waals surface area contributed by atoms with Gasteiger partial charge in [-0.1, -0.05) is 26.7 Å². The second kappa shape index (κ2) is 13.3. The molecule has 0 aromatic heterocycles. The van der Waals surface area contributed by atoms with Gasteiger partial charge in [0.2, 0.25) is 0 Å². The molecule has 0 spiro atoms. The van der Waals surface area contributed by atoms with Crippen LogP contribution in [0.25, 0.3) is 5.32 Å². The summed E-state index contributed by atoms with van der Waals surface area (Å²) >= 11 is 0. The molecule has 0 aromatic rings. The lowest BCUT2D eigenvalue weighted by atomic mass is 10.4. The molecule has 0 heterocycles. The molecule has 0 aromatic carbocycles. The van der Waals surface area contributed by atoms with Gasteiger partial charge in [0.15, 0.2) is 0 Å². The zero-order valence-electron chi connectivity index (χ0n) is 9.83. The van der Waals surface area contributed by atoms with Crippen molar-refractivity contribution >= 4 is 18.4 Å². The highest BCUT2D eigenvalue weighted by Crippen LogP contribution is 2.15. The molecule has 1 N–H and O–H groups in total. The van der Waals surface area contributed by atoms with E-state index >= 15 is 0 Å². The minimum Gasteiger partial charge on any atom is -0.662 e. The van der Waals surface area contributed by atoms with Crippen molar-refractivity contribution in [2.75, 3.05) is 13.1 Å². The number of nitrogens with zero attached hydrogens (tertiary/aromatic N) is 1. The molecule has 3 nitrogen and oxygen atoms in total. The Kier molecular flexibility index (Phi) is 16.9. The van der Waals surface area contributed by atoms with Gasteiger partial charge in [0, 0.05) is 12.2 Å². The average Bonchev–Trinajstić information content (AvgIpc) is 2.16. The Morgan fingerprint density at radius 2 is 1.65 bits per heavy atom. The Morgan fingerprint density at radius 3 is 1.82 bits per heavy atom. The standard InChI is InChI=1S/C6H14N.C4H3F3O2.ClH/c1-3-5-7-6-4-2;5-4(6,7)2-1-3(8)9;/h3-6H2,1-2H3;1-2H,(H,8,9);1H/q-1;;/b;2-1+;. The summed E-state index contributed by atoms with van der Waals surface area (Å²) in [5.41, 5.74) is 0. The first-order chi connectivity index (χ1) is 7.33. The first-order valence-corrected chi connectivity index (χ1v) is 4.95. The van der Waals surface area contributed by atoms with Gasteiger partial charge in [0.25, 0.3) is 0 Å². The number of carbonyl (C=O) groups is 1. The van der Waals surface area contributed by atoms with E-state index in [0.29, 0.717) is 0 Å². The lowest BCUT2D eigenvalue weighted by Gasteiger charge is -2.14. The van der Waals surface area contributed by atoms with Gasteiger partial charge in [-0.15, -0.1) is 25.5 Å². The summed E-state index contributed by atoms with van der Waals surface area (Å²) in [6.07, 6.45) is -2.44. The molecular formula is C10H18ClF3NO2-. The number of alkyl halides is 3. The van der Waals surface area contributed by atoms with Crippen LogP contribution >= 0.6 is 12.4 Å². The number of allylic oxidation sites excluding steroid dienone is 1. The van der Waals surface area contributed by atoms with Crippen LogP contribution in [-0.2, 0) is 4.79 Å². The summed E-state index contributed by atoms with van der Waals surface area (Å²) in [4.78, 5) is 9.46. The predicted molar refractivity (Wildman–Crippen MR) is 63.8 cm³/mol.